The van der Waals surface area contributed by atoms with E-state index in [-0.39, 0.29) is 17.7 Å². The quantitative estimate of drug-likeness (QED) is 0.619. The Labute approximate surface area is 169 Å². The minimum atomic E-state index is -1.19. The molecule has 3 aromatic rings. The maximum atomic E-state index is 13.6. The number of hydrogen-bond acceptors (Lipinski definition) is 5. The van der Waals surface area contributed by atoms with Gasteiger partial charge in [-0.15, -0.1) is 11.3 Å². The topological polar surface area (TPSA) is 80.3 Å². The largest absolute Gasteiger partial charge is 0.487 e. The van der Waals surface area contributed by atoms with Crippen molar-refractivity contribution in [2.45, 2.75) is 12.6 Å². The number of thiazole rings is 1. The van der Waals surface area contributed by atoms with Crippen LogP contribution in [0.3, 0.4) is 0 Å². The first-order valence-electron chi connectivity index (χ1n) is 8.55. The molecular weight excluding hydrogens is 400 g/mol. The number of ether oxygens (including phenoxy) is 1. The molecule has 1 atom stereocenters. The van der Waals surface area contributed by atoms with Crippen LogP contribution in [0.4, 0.5) is 8.78 Å². The van der Waals surface area contributed by atoms with E-state index >= 15 is 0 Å². The highest BCUT2D eigenvalue weighted by atomic mass is 32.1. The summed E-state index contributed by atoms with van der Waals surface area (Å²) in [6.45, 7) is 0.254. The molecule has 0 fully saturated rings. The van der Waals surface area contributed by atoms with E-state index in [1.54, 1.807) is 23.7 Å². The number of carbonyl (C=O) groups excluding carboxylic acids is 2. The minimum absolute atomic E-state index is 0.118. The zero-order valence-electron chi connectivity index (χ0n) is 15.3. The van der Waals surface area contributed by atoms with Crippen LogP contribution >= 0.6 is 11.3 Å². The van der Waals surface area contributed by atoms with Gasteiger partial charge in [0.25, 0.3) is 5.91 Å². The Bertz CT molecular complexity index is 1010. The van der Waals surface area contributed by atoms with Crippen LogP contribution in [0.15, 0.2) is 53.4 Å². The first-order chi connectivity index (χ1) is 14.0. The number of rotatable bonds is 7. The van der Waals surface area contributed by atoms with Gasteiger partial charge in [-0.3, -0.25) is 9.59 Å². The van der Waals surface area contributed by atoms with E-state index in [0.29, 0.717) is 5.75 Å². The van der Waals surface area contributed by atoms with Gasteiger partial charge in [-0.1, -0.05) is 12.1 Å². The Morgan fingerprint density at radius 2 is 2.00 bits per heavy atom. The molecule has 0 saturated heterocycles. The van der Waals surface area contributed by atoms with Crippen molar-refractivity contribution in [3.63, 3.8) is 0 Å². The first-order valence-corrected chi connectivity index (χ1v) is 9.49. The van der Waals surface area contributed by atoms with Crippen molar-refractivity contribution in [3.8, 4) is 5.75 Å². The van der Waals surface area contributed by atoms with Gasteiger partial charge in [0, 0.05) is 18.0 Å². The summed E-state index contributed by atoms with van der Waals surface area (Å²) in [6, 6.07) is 8.23. The fourth-order valence-corrected chi connectivity index (χ4v) is 3.09. The third-order valence-electron chi connectivity index (χ3n) is 4.03. The van der Waals surface area contributed by atoms with Crippen molar-refractivity contribution in [2.75, 3.05) is 7.05 Å². The van der Waals surface area contributed by atoms with Crippen LogP contribution in [-0.4, -0.2) is 23.8 Å². The van der Waals surface area contributed by atoms with Gasteiger partial charge in [-0.25, -0.2) is 13.8 Å². The molecule has 1 unspecified atom stereocenters. The molecule has 9 heteroatoms. The number of carbonyl (C=O) groups is 2. The van der Waals surface area contributed by atoms with Crippen LogP contribution in [0.2, 0.25) is 0 Å². The second-order valence-corrected chi connectivity index (χ2v) is 6.71. The normalized spacial score (nSPS) is 11.6. The standard InChI is InChI=1S/C20H17F2N3O3S/c1-23-20(27)18(12-5-6-16(21)17(22)8-12)25-19(26)13-3-2-4-15(7-13)28-9-14-10-29-11-24-14/h2-8,10-11,18H,9H2,1H3,(H,23,27)(H,25,26). The second kappa shape index (κ2) is 9.24. The van der Waals surface area contributed by atoms with Gasteiger partial charge < -0.3 is 15.4 Å². The number of halogens is 2. The maximum Gasteiger partial charge on any atom is 0.252 e. The molecule has 6 nitrogen and oxygen atoms in total. The van der Waals surface area contributed by atoms with E-state index in [2.05, 4.69) is 15.6 Å². The number of nitrogens with zero attached hydrogens (tertiary/aromatic N) is 1. The van der Waals surface area contributed by atoms with E-state index in [1.807, 2.05) is 5.38 Å². The summed E-state index contributed by atoms with van der Waals surface area (Å²) in [5.74, 6) is -2.83. The van der Waals surface area contributed by atoms with E-state index in [4.69, 9.17) is 4.74 Å². The SMILES string of the molecule is CNC(=O)C(NC(=O)c1cccc(OCc2cscn2)c1)c1ccc(F)c(F)c1. The molecule has 2 amide bonds. The molecule has 0 bridgehead atoms. The Morgan fingerprint density at radius 3 is 2.69 bits per heavy atom. The molecule has 0 aliphatic rings. The fraction of sp³-hybridized carbons (Fsp3) is 0.150. The van der Waals surface area contributed by atoms with Crippen LogP contribution < -0.4 is 15.4 Å². The molecule has 0 saturated carbocycles. The third-order valence-corrected chi connectivity index (χ3v) is 4.66. The van der Waals surface area contributed by atoms with Gasteiger partial charge in [0.2, 0.25) is 5.91 Å². The van der Waals surface area contributed by atoms with Gasteiger partial charge in [0.15, 0.2) is 11.6 Å². The Balaban J connectivity index is 1.76. The number of aromatic nitrogens is 1. The van der Waals surface area contributed by atoms with Gasteiger partial charge in [0.1, 0.15) is 18.4 Å². The van der Waals surface area contributed by atoms with E-state index in [1.165, 1.54) is 30.5 Å². The average Bonchev–Trinajstić information content (AvgIpc) is 3.26. The van der Waals surface area contributed by atoms with E-state index in [0.717, 1.165) is 17.8 Å². The summed E-state index contributed by atoms with van der Waals surface area (Å²) < 4.78 is 32.4. The molecular formula is C20H17F2N3O3S. The lowest BCUT2D eigenvalue weighted by Gasteiger charge is -2.18. The summed E-state index contributed by atoms with van der Waals surface area (Å²) in [5.41, 5.74) is 2.83. The molecule has 2 N–H and O–H groups in total. The Hall–Kier alpha value is -3.33. The highest BCUT2D eigenvalue weighted by Crippen LogP contribution is 2.19. The molecule has 0 aliphatic carbocycles. The summed E-state index contributed by atoms with van der Waals surface area (Å²) in [6.07, 6.45) is 0. The van der Waals surface area contributed by atoms with Crippen molar-refractivity contribution in [1.29, 1.82) is 0 Å². The van der Waals surface area contributed by atoms with Gasteiger partial charge in [-0.2, -0.15) is 0 Å². The number of hydrogen-bond donors (Lipinski definition) is 2. The zero-order valence-corrected chi connectivity index (χ0v) is 16.1. The average molecular weight is 417 g/mol. The van der Waals surface area contributed by atoms with Crippen molar-refractivity contribution in [2.24, 2.45) is 0 Å². The highest BCUT2D eigenvalue weighted by Gasteiger charge is 2.23. The third kappa shape index (κ3) is 5.14. The Kier molecular flexibility index (Phi) is 6.50. The summed E-state index contributed by atoms with van der Waals surface area (Å²) >= 11 is 1.45. The number of nitrogens with one attached hydrogen (secondary N) is 2. The summed E-state index contributed by atoms with van der Waals surface area (Å²) in [5, 5.41) is 6.79. The predicted octanol–water partition coefficient (Wildman–Crippen LogP) is 3.22. The monoisotopic (exact) mass is 417 g/mol. The molecule has 1 aromatic heterocycles. The maximum absolute atomic E-state index is 13.6. The van der Waals surface area contributed by atoms with Crippen molar-refractivity contribution in [1.82, 2.24) is 15.6 Å². The smallest absolute Gasteiger partial charge is 0.252 e. The molecule has 3 rings (SSSR count). The lowest BCUT2D eigenvalue weighted by Crippen LogP contribution is -2.39. The number of benzene rings is 2. The van der Waals surface area contributed by atoms with Crippen LogP contribution in [0.25, 0.3) is 0 Å². The van der Waals surface area contributed by atoms with E-state index < -0.39 is 29.5 Å². The van der Waals surface area contributed by atoms with Crippen LogP contribution in [0, 0.1) is 11.6 Å². The molecule has 29 heavy (non-hydrogen) atoms. The molecule has 0 spiro atoms. The molecule has 150 valence electrons. The first kappa shape index (κ1) is 20.4. The van der Waals surface area contributed by atoms with Gasteiger partial charge in [-0.05, 0) is 35.9 Å². The lowest BCUT2D eigenvalue weighted by molar-refractivity contribution is -0.122. The highest BCUT2D eigenvalue weighted by molar-refractivity contribution is 7.07. The van der Waals surface area contributed by atoms with Crippen molar-refractivity contribution in [3.05, 3.63) is 81.8 Å². The summed E-state index contributed by atoms with van der Waals surface area (Å²) in [4.78, 5) is 29.0. The van der Waals surface area contributed by atoms with Crippen molar-refractivity contribution < 1.29 is 23.1 Å². The van der Waals surface area contributed by atoms with Gasteiger partial charge >= 0.3 is 0 Å². The minimum Gasteiger partial charge on any atom is -0.487 e. The second-order valence-electron chi connectivity index (χ2n) is 5.99. The van der Waals surface area contributed by atoms with Gasteiger partial charge in [0.05, 0.1) is 11.2 Å². The molecule has 0 aliphatic heterocycles. The molecule has 0 radical (unpaired) electrons. The lowest BCUT2D eigenvalue weighted by atomic mass is 10.0. The fourth-order valence-electron chi connectivity index (χ4n) is 2.54. The van der Waals surface area contributed by atoms with Crippen LogP contribution in [0.5, 0.6) is 5.75 Å². The zero-order chi connectivity index (χ0) is 20.8. The van der Waals surface area contributed by atoms with Crippen LogP contribution in [0.1, 0.15) is 27.7 Å². The van der Waals surface area contributed by atoms with Crippen LogP contribution in [-0.2, 0) is 11.4 Å². The predicted molar refractivity (Wildman–Crippen MR) is 104 cm³/mol. The number of likely N-dealkylation sites (N-methyl/N-ethyl adjacent to an activating group) is 1. The molecule has 2 aromatic carbocycles. The van der Waals surface area contributed by atoms with Crippen molar-refractivity contribution >= 4 is 23.2 Å². The molecule has 1 heterocycles. The van der Waals surface area contributed by atoms with E-state index in [9.17, 15) is 18.4 Å². The summed E-state index contributed by atoms with van der Waals surface area (Å²) in [7, 11) is 1.38. The Morgan fingerprint density at radius 1 is 1.17 bits per heavy atom. The number of amides is 2.